The van der Waals surface area contributed by atoms with Gasteiger partial charge >= 0.3 is 0 Å². The van der Waals surface area contributed by atoms with Crippen LogP contribution in [-0.4, -0.2) is 57.7 Å². The van der Waals surface area contributed by atoms with Crippen molar-refractivity contribution in [2.75, 3.05) is 26.2 Å². The molecular weight excluding hydrogens is 410 g/mol. The van der Waals surface area contributed by atoms with Crippen LogP contribution >= 0.6 is 0 Å². The van der Waals surface area contributed by atoms with Crippen LogP contribution in [0.4, 0.5) is 0 Å². The summed E-state index contributed by atoms with van der Waals surface area (Å²) in [4.78, 5) is 17.6. The Bertz CT molecular complexity index is 895. The number of aromatic nitrogens is 2. The molecule has 1 aromatic heterocycles. The third kappa shape index (κ3) is 6.24. The number of carbonyl (C=O) groups is 1. The average Bonchev–Trinajstić information content (AvgIpc) is 3.18. The first-order chi connectivity index (χ1) is 16.1. The molecule has 0 radical (unpaired) electrons. The molecule has 2 bridgehead atoms. The summed E-state index contributed by atoms with van der Waals surface area (Å²) in [5.74, 6) is 1.72. The number of aryl methyl sites for hydroxylation is 2. The fraction of sp³-hybridized carbons (Fsp3) is 0.630. The Labute approximate surface area is 199 Å². The number of carbonyl (C=O) groups excluding carboxylic acids is 1. The van der Waals surface area contributed by atoms with Crippen LogP contribution in [0.2, 0.25) is 0 Å². The molecule has 3 atom stereocenters. The maximum absolute atomic E-state index is 12.9. The van der Waals surface area contributed by atoms with E-state index >= 15 is 0 Å². The number of hydrogen-bond acceptors (Lipinski definition) is 4. The van der Waals surface area contributed by atoms with Crippen LogP contribution in [0.25, 0.3) is 0 Å². The van der Waals surface area contributed by atoms with Crippen molar-refractivity contribution in [3.63, 3.8) is 0 Å². The van der Waals surface area contributed by atoms with E-state index < -0.39 is 0 Å². The van der Waals surface area contributed by atoms with Crippen molar-refractivity contribution in [3.05, 3.63) is 53.3 Å². The Hall–Kier alpha value is -2.18. The molecule has 180 valence electrons. The Kier molecular flexibility index (Phi) is 8.20. The first kappa shape index (κ1) is 24.0. The second-order valence-corrected chi connectivity index (χ2v) is 9.95. The van der Waals surface area contributed by atoms with Crippen LogP contribution in [0.15, 0.2) is 36.5 Å². The molecule has 1 amide bonds. The highest BCUT2D eigenvalue weighted by atomic mass is 16.2. The minimum atomic E-state index is 0.268. The zero-order valence-electron chi connectivity index (χ0n) is 20.7. The van der Waals surface area contributed by atoms with Gasteiger partial charge in [0.2, 0.25) is 5.91 Å². The maximum Gasteiger partial charge on any atom is 0.222 e. The zero-order chi connectivity index (χ0) is 23.2. The van der Waals surface area contributed by atoms with Gasteiger partial charge in [-0.15, -0.1) is 0 Å². The molecule has 2 aromatic rings. The Morgan fingerprint density at radius 1 is 1.21 bits per heavy atom. The number of fused-ring (bicyclic) bond motifs is 2. The molecule has 0 saturated carbocycles. The summed E-state index contributed by atoms with van der Waals surface area (Å²) in [6.45, 7) is 13.0. The molecule has 4 rings (SSSR count). The van der Waals surface area contributed by atoms with Crippen LogP contribution in [-0.2, 0) is 24.4 Å². The molecule has 6 heteroatoms. The standard InChI is InChI=1S/C27H41N5O/c1-4-31(19-25-20-32(5-2)29-21(25)3)27(33)13-9-12-26-24-14-23(15-28-26)17-30(18-24)16-22-10-7-6-8-11-22/h6-8,10-11,20,23-24,26,28H,4-5,9,12-19H2,1-3H3/t23?,24?,26-/m1/s1. The van der Waals surface area contributed by atoms with Crippen LogP contribution in [0.3, 0.4) is 0 Å². The van der Waals surface area contributed by atoms with Crippen molar-refractivity contribution >= 4 is 5.91 Å². The van der Waals surface area contributed by atoms with E-state index in [-0.39, 0.29) is 5.91 Å². The molecule has 0 aliphatic carbocycles. The van der Waals surface area contributed by atoms with Crippen molar-refractivity contribution in [1.29, 1.82) is 0 Å². The lowest BCUT2D eigenvalue weighted by Crippen LogP contribution is -2.55. The summed E-state index contributed by atoms with van der Waals surface area (Å²) >= 11 is 0. The van der Waals surface area contributed by atoms with Gasteiger partial charge in [-0.05, 0) is 64.0 Å². The van der Waals surface area contributed by atoms with Crippen molar-refractivity contribution in [3.8, 4) is 0 Å². The van der Waals surface area contributed by atoms with E-state index in [1.54, 1.807) is 0 Å². The predicted molar refractivity (Wildman–Crippen MR) is 133 cm³/mol. The Morgan fingerprint density at radius 3 is 2.76 bits per heavy atom. The van der Waals surface area contributed by atoms with Crippen molar-refractivity contribution < 1.29 is 4.79 Å². The first-order valence-electron chi connectivity index (χ1n) is 12.9. The lowest BCUT2D eigenvalue weighted by atomic mass is 9.79. The molecule has 1 N–H and O–H groups in total. The van der Waals surface area contributed by atoms with Gasteiger partial charge in [0.25, 0.3) is 0 Å². The normalized spacial score (nSPS) is 22.9. The van der Waals surface area contributed by atoms with Crippen molar-refractivity contribution in [1.82, 2.24) is 24.9 Å². The summed E-state index contributed by atoms with van der Waals surface area (Å²) in [6, 6.07) is 11.4. The van der Waals surface area contributed by atoms with E-state index in [9.17, 15) is 4.79 Å². The fourth-order valence-electron chi connectivity index (χ4n) is 5.67. The summed E-state index contributed by atoms with van der Waals surface area (Å²) in [7, 11) is 0. The van der Waals surface area contributed by atoms with Gasteiger partial charge in [0.05, 0.1) is 5.69 Å². The van der Waals surface area contributed by atoms with Crippen LogP contribution < -0.4 is 5.32 Å². The third-order valence-electron chi connectivity index (χ3n) is 7.51. The second-order valence-electron chi connectivity index (χ2n) is 9.95. The second kappa shape index (κ2) is 11.3. The SMILES string of the molecule is CCN(Cc1cn(CC)nc1C)C(=O)CCC[C@H]1NCC2CC1CN(Cc1ccccc1)C2. The molecule has 2 unspecified atom stereocenters. The maximum atomic E-state index is 12.9. The highest BCUT2D eigenvalue weighted by Crippen LogP contribution is 2.31. The minimum absolute atomic E-state index is 0.268. The summed E-state index contributed by atoms with van der Waals surface area (Å²) in [5, 5.41) is 8.34. The number of amides is 1. The highest BCUT2D eigenvalue weighted by molar-refractivity contribution is 5.76. The molecular formula is C27H41N5O. The van der Waals surface area contributed by atoms with Crippen molar-refractivity contribution in [2.24, 2.45) is 11.8 Å². The van der Waals surface area contributed by atoms with Gasteiger partial charge in [0.1, 0.15) is 0 Å². The molecule has 6 nitrogen and oxygen atoms in total. The number of nitrogens with zero attached hydrogens (tertiary/aromatic N) is 4. The summed E-state index contributed by atoms with van der Waals surface area (Å²) < 4.78 is 1.95. The fourth-order valence-corrected chi connectivity index (χ4v) is 5.67. The Morgan fingerprint density at radius 2 is 2.03 bits per heavy atom. The highest BCUT2D eigenvalue weighted by Gasteiger charge is 2.36. The number of piperidine rings is 2. The Balaban J connectivity index is 1.25. The van der Waals surface area contributed by atoms with Gasteiger partial charge in [-0.2, -0.15) is 5.10 Å². The van der Waals surface area contributed by atoms with E-state index in [1.165, 1.54) is 25.1 Å². The summed E-state index contributed by atoms with van der Waals surface area (Å²) in [5.41, 5.74) is 3.60. The molecule has 3 heterocycles. The van der Waals surface area contributed by atoms with Gasteiger partial charge in [-0.3, -0.25) is 14.4 Å². The molecule has 33 heavy (non-hydrogen) atoms. The predicted octanol–water partition coefficient (Wildman–Crippen LogP) is 3.84. The largest absolute Gasteiger partial charge is 0.339 e. The lowest BCUT2D eigenvalue weighted by molar-refractivity contribution is -0.131. The lowest BCUT2D eigenvalue weighted by Gasteiger charge is -2.46. The van der Waals surface area contributed by atoms with Gasteiger partial charge < -0.3 is 10.2 Å². The topological polar surface area (TPSA) is 53.4 Å². The third-order valence-corrected chi connectivity index (χ3v) is 7.51. The summed E-state index contributed by atoms with van der Waals surface area (Å²) in [6.07, 6.45) is 6.10. The molecule has 1 aromatic carbocycles. The number of rotatable bonds is 10. The molecule has 2 fully saturated rings. The number of benzene rings is 1. The molecule has 2 saturated heterocycles. The average molecular weight is 452 g/mol. The van der Waals surface area contributed by atoms with E-state index in [2.05, 4.69) is 65.7 Å². The monoisotopic (exact) mass is 451 g/mol. The number of likely N-dealkylation sites (tertiary alicyclic amines) is 1. The number of hydrogen-bond donors (Lipinski definition) is 1. The van der Waals surface area contributed by atoms with Crippen molar-refractivity contribution in [2.45, 2.75) is 72.1 Å². The molecule has 2 aliphatic heterocycles. The quantitative estimate of drug-likeness (QED) is 0.596. The van der Waals surface area contributed by atoms with E-state index in [4.69, 9.17) is 0 Å². The van der Waals surface area contributed by atoms with Gasteiger partial charge in [0.15, 0.2) is 0 Å². The van der Waals surface area contributed by atoms with Gasteiger partial charge in [-0.25, -0.2) is 0 Å². The zero-order valence-corrected chi connectivity index (χ0v) is 20.7. The van der Waals surface area contributed by atoms with E-state index in [1.807, 2.05) is 16.5 Å². The van der Waals surface area contributed by atoms with Crippen LogP contribution in [0, 0.1) is 18.8 Å². The smallest absolute Gasteiger partial charge is 0.222 e. The van der Waals surface area contributed by atoms with E-state index in [0.29, 0.717) is 24.9 Å². The van der Waals surface area contributed by atoms with Gasteiger partial charge in [0, 0.05) is 63.5 Å². The number of nitrogens with one attached hydrogen (secondary N) is 1. The molecule has 2 aliphatic rings. The molecule has 0 spiro atoms. The van der Waals surface area contributed by atoms with Crippen LogP contribution in [0.5, 0.6) is 0 Å². The first-order valence-corrected chi connectivity index (χ1v) is 12.9. The van der Waals surface area contributed by atoms with Gasteiger partial charge in [-0.1, -0.05) is 30.3 Å². The van der Waals surface area contributed by atoms with E-state index in [0.717, 1.165) is 56.2 Å². The van der Waals surface area contributed by atoms with Crippen LogP contribution in [0.1, 0.15) is 56.4 Å². The minimum Gasteiger partial charge on any atom is -0.339 e.